The molecule has 1 aliphatic heterocycles. The van der Waals surface area contributed by atoms with E-state index in [1.54, 1.807) is 24.3 Å². The third-order valence-corrected chi connectivity index (χ3v) is 5.78. The fourth-order valence-electron chi connectivity index (χ4n) is 2.93. The van der Waals surface area contributed by atoms with Crippen LogP contribution in [0.2, 0.25) is 0 Å². The summed E-state index contributed by atoms with van der Waals surface area (Å²) < 4.78 is 29.2. The van der Waals surface area contributed by atoms with Gasteiger partial charge in [-0.3, -0.25) is 4.72 Å². The van der Waals surface area contributed by atoms with Crippen LogP contribution in [0.1, 0.15) is 18.2 Å². The molecule has 1 fully saturated rings. The van der Waals surface area contributed by atoms with E-state index in [2.05, 4.69) is 14.7 Å². The summed E-state index contributed by atoms with van der Waals surface area (Å²) in [6.45, 7) is 2.72. The number of hydrogen-bond donors (Lipinski definition) is 2. The fraction of sp³-hybridized carbons (Fsp3) is 0.353. The molecule has 142 valence electrons. The number of aromatic nitrogens is 2. The molecule has 0 radical (unpaired) electrons. The average Bonchev–Trinajstić information content (AvgIpc) is 2.68. The van der Waals surface area contributed by atoms with Gasteiger partial charge in [0.2, 0.25) is 0 Å². The molecule has 3 heterocycles. The molecule has 0 unspecified atom stereocenters. The number of piperazine rings is 1. The van der Waals surface area contributed by atoms with Gasteiger partial charge in [-0.15, -0.1) is 0 Å². The van der Waals surface area contributed by atoms with E-state index in [0.717, 1.165) is 0 Å². The Bertz CT molecular complexity index is 942. The zero-order chi connectivity index (χ0) is 19.4. The Morgan fingerprint density at radius 1 is 1.33 bits per heavy atom. The summed E-state index contributed by atoms with van der Waals surface area (Å²) in [5.74, 6) is 0.884. The van der Waals surface area contributed by atoms with Crippen molar-refractivity contribution < 1.29 is 13.5 Å². The molecule has 9 nitrogen and oxygen atoms in total. The normalized spacial score (nSPS) is 18.1. The molecule has 2 aromatic heterocycles. The number of rotatable bonds is 5. The molecule has 1 aliphatic rings. The van der Waals surface area contributed by atoms with Gasteiger partial charge in [0.25, 0.3) is 0 Å². The van der Waals surface area contributed by atoms with Gasteiger partial charge in [-0.25, -0.2) is 9.97 Å². The van der Waals surface area contributed by atoms with Gasteiger partial charge in [0.05, 0.1) is 17.9 Å². The minimum atomic E-state index is -3.76. The van der Waals surface area contributed by atoms with Crippen LogP contribution in [-0.2, 0) is 16.8 Å². The second-order valence-electron chi connectivity index (χ2n) is 6.20. The summed E-state index contributed by atoms with van der Waals surface area (Å²) in [6, 6.07) is 10.2. The van der Waals surface area contributed by atoms with Gasteiger partial charge in [-0.2, -0.15) is 18.0 Å². The van der Waals surface area contributed by atoms with Crippen LogP contribution in [0.15, 0.2) is 36.5 Å². The molecule has 2 N–H and O–H groups in total. The first-order valence-corrected chi connectivity index (χ1v) is 9.84. The van der Waals surface area contributed by atoms with Gasteiger partial charge >= 0.3 is 10.2 Å². The van der Waals surface area contributed by atoms with E-state index < -0.39 is 10.2 Å². The van der Waals surface area contributed by atoms with Crippen molar-refractivity contribution in [3.63, 3.8) is 0 Å². The van der Waals surface area contributed by atoms with Crippen LogP contribution < -0.4 is 9.62 Å². The van der Waals surface area contributed by atoms with Crippen LogP contribution in [0.25, 0.3) is 0 Å². The number of anilines is 2. The molecule has 10 heteroatoms. The molecular weight excluding hydrogens is 368 g/mol. The third kappa shape index (κ3) is 4.33. The van der Waals surface area contributed by atoms with E-state index in [4.69, 9.17) is 10.4 Å². The van der Waals surface area contributed by atoms with Gasteiger partial charge in [-0.1, -0.05) is 6.07 Å². The summed E-state index contributed by atoms with van der Waals surface area (Å²) in [7, 11) is -3.76. The minimum Gasteiger partial charge on any atom is -0.390 e. The molecule has 0 aromatic carbocycles. The van der Waals surface area contributed by atoms with Crippen molar-refractivity contribution in [2.24, 2.45) is 0 Å². The minimum absolute atomic E-state index is 0.0903. The molecule has 2 aromatic rings. The zero-order valence-electron chi connectivity index (χ0n) is 14.8. The Hall–Kier alpha value is -2.74. The maximum absolute atomic E-state index is 12.7. The van der Waals surface area contributed by atoms with Crippen LogP contribution >= 0.6 is 0 Å². The maximum Gasteiger partial charge on any atom is 0.302 e. The molecule has 27 heavy (non-hydrogen) atoms. The van der Waals surface area contributed by atoms with Crippen molar-refractivity contribution in [2.75, 3.05) is 29.3 Å². The van der Waals surface area contributed by atoms with E-state index in [1.165, 1.54) is 16.6 Å². The Morgan fingerprint density at radius 2 is 2.15 bits per heavy atom. The number of nitrogens with zero attached hydrogens (tertiary/aromatic N) is 5. The molecule has 1 saturated heterocycles. The molecule has 0 spiro atoms. The van der Waals surface area contributed by atoms with E-state index >= 15 is 0 Å². The molecule has 1 atom stereocenters. The fourth-order valence-corrected chi connectivity index (χ4v) is 4.17. The Balaban J connectivity index is 1.69. The van der Waals surface area contributed by atoms with Crippen molar-refractivity contribution in [1.29, 1.82) is 5.26 Å². The number of pyridine rings is 2. The Kier molecular flexibility index (Phi) is 5.55. The van der Waals surface area contributed by atoms with Crippen LogP contribution in [0, 0.1) is 11.3 Å². The number of nitrogens with one attached hydrogen (secondary N) is 1. The average molecular weight is 388 g/mol. The first-order valence-electron chi connectivity index (χ1n) is 8.40. The predicted molar refractivity (Wildman–Crippen MR) is 100 cm³/mol. The molecule has 0 aliphatic carbocycles. The summed E-state index contributed by atoms with van der Waals surface area (Å²) >= 11 is 0. The second kappa shape index (κ2) is 7.87. The molecule has 0 bridgehead atoms. The molecule has 3 rings (SSSR count). The number of hydrogen-bond acceptors (Lipinski definition) is 7. The SMILES string of the molecule is C[C@H]1CN(S(=O)(=O)Nc2cccc(CO)n2)CCN1c1ccc(C#N)cn1. The third-order valence-electron chi connectivity index (χ3n) is 4.30. The monoisotopic (exact) mass is 388 g/mol. The summed E-state index contributed by atoms with van der Waals surface area (Å²) in [5.41, 5.74) is 0.870. The molecular formula is C17H20N6O3S. The summed E-state index contributed by atoms with van der Waals surface area (Å²) in [6.07, 6.45) is 1.51. The van der Waals surface area contributed by atoms with Gasteiger partial charge in [0.1, 0.15) is 17.7 Å². The zero-order valence-corrected chi connectivity index (χ0v) is 15.6. The van der Waals surface area contributed by atoms with Crippen molar-refractivity contribution >= 4 is 21.8 Å². The molecule has 0 saturated carbocycles. The van der Waals surface area contributed by atoms with E-state index in [9.17, 15) is 8.42 Å². The van der Waals surface area contributed by atoms with Crippen LogP contribution in [0.3, 0.4) is 0 Å². The van der Waals surface area contributed by atoms with E-state index in [-0.39, 0.29) is 25.0 Å². The summed E-state index contributed by atoms with van der Waals surface area (Å²) in [5, 5.41) is 18.0. The van der Waals surface area contributed by atoms with Gasteiger partial charge < -0.3 is 10.0 Å². The highest BCUT2D eigenvalue weighted by atomic mass is 32.2. The predicted octanol–water partition coefficient (Wildman–Crippen LogP) is 0.708. The van der Waals surface area contributed by atoms with Crippen molar-refractivity contribution in [1.82, 2.24) is 14.3 Å². The van der Waals surface area contributed by atoms with Crippen LogP contribution in [-0.4, -0.2) is 53.5 Å². The lowest BCUT2D eigenvalue weighted by atomic mass is 10.2. The van der Waals surface area contributed by atoms with Crippen molar-refractivity contribution in [2.45, 2.75) is 19.6 Å². The lowest BCUT2D eigenvalue weighted by molar-refractivity contribution is 0.277. The van der Waals surface area contributed by atoms with Crippen molar-refractivity contribution in [3.05, 3.63) is 47.8 Å². The first-order chi connectivity index (χ1) is 12.9. The highest BCUT2D eigenvalue weighted by Gasteiger charge is 2.32. The number of aliphatic hydroxyl groups excluding tert-OH is 1. The number of nitriles is 1. The highest BCUT2D eigenvalue weighted by molar-refractivity contribution is 7.90. The quantitative estimate of drug-likeness (QED) is 0.773. The lowest BCUT2D eigenvalue weighted by Crippen LogP contribution is -2.55. The van der Waals surface area contributed by atoms with E-state index in [0.29, 0.717) is 30.2 Å². The maximum atomic E-state index is 12.7. The Labute approximate surface area is 158 Å². The standard InChI is InChI=1S/C17H20N6O3S/c1-13-11-22(7-8-23(13)17-6-5-14(9-18)10-19-17)27(25,26)21-16-4-2-3-15(12-24)20-16/h2-6,10,13,24H,7-8,11-12H2,1H3,(H,20,21)/t13-/m0/s1. The topological polar surface area (TPSA) is 122 Å². The van der Waals surface area contributed by atoms with Gasteiger partial charge in [0.15, 0.2) is 0 Å². The Morgan fingerprint density at radius 3 is 2.78 bits per heavy atom. The van der Waals surface area contributed by atoms with E-state index in [1.807, 2.05) is 17.9 Å². The lowest BCUT2D eigenvalue weighted by Gasteiger charge is -2.39. The smallest absolute Gasteiger partial charge is 0.302 e. The van der Waals surface area contributed by atoms with Crippen LogP contribution in [0.4, 0.5) is 11.6 Å². The van der Waals surface area contributed by atoms with Gasteiger partial charge in [0, 0.05) is 31.9 Å². The van der Waals surface area contributed by atoms with Gasteiger partial charge in [-0.05, 0) is 31.2 Å². The van der Waals surface area contributed by atoms with Crippen molar-refractivity contribution in [3.8, 4) is 6.07 Å². The second-order valence-corrected chi connectivity index (χ2v) is 7.87. The summed E-state index contributed by atoms with van der Waals surface area (Å²) in [4.78, 5) is 10.4. The highest BCUT2D eigenvalue weighted by Crippen LogP contribution is 2.21. The first kappa shape index (κ1) is 19.0. The molecule has 0 amide bonds. The number of aliphatic hydroxyl groups is 1. The largest absolute Gasteiger partial charge is 0.390 e. The van der Waals surface area contributed by atoms with Crippen LogP contribution in [0.5, 0.6) is 0 Å².